The molecule has 0 saturated heterocycles. The van der Waals surface area contributed by atoms with Gasteiger partial charge in [-0.25, -0.2) is 9.37 Å². The predicted molar refractivity (Wildman–Crippen MR) is 49.3 cm³/mol. The Morgan fingerprint density at radius 2 is 1.93 bits per heavy atom. The second-order valence-electron chi connectivity index (χ2n) is 3.03. The van der Waals surface area contributed by atoms with E-state index in [0.717, 1.165) is 17.4 Å². The van der Waals surface area contributed by atoms with Gasteiger partial charge >= 0.3 is 6.18 Å². The Balaban J connectivity index is 2.82. The third-order valence-corrected chi connectivity index (χ3v) is 2.79. The summed E-state index contributed by atoms with van der Waals surface area (Å²) >= 11 is 1.05. The van der Waals surface area contributed by atoms with E-state index in [2.05, 4.69) is 4.98 Å². The van der Waals surface area contributed by atoms with Crippen molar-refractivity contribution in [1.82, 2.24) is 4.98 Å². The van der Waals surface area contributed by atoms with Crippen LogP contribution in [0, 0.1) is 12.7 Å². The van der Waals surface area contributed by atoms with Gasteiger partial charge in [-0.2, -0.15) is 13.2 Å². The van der Waals surface area contributed by atoms with E-state index < -0.39 is 17.6 Å². The van der Waals surface area contributed by atoms with Crippen LogP contribution in [0.15, 0.2) is 12.1 Å². The zero-order chi connectivity index (χ0) is 11.2. The standard InChI is InChI=1S/C9H5F4NS/c1-4-14-8-6(9(11,12)13)2-5(10)3-7(8)15-4/h2-3H,1H3. The average Bonchev–Trinajstić information content (AvgIpc) is 2.41. The van der Waals surface area contributed by atoms with Gasteiger partial charge in [0.1, 0.15) is 5.82 Å². The van der Waals surface area contributed by atoms with E-state index in [4.69, 9.17) is 0 Å². The molecule has 2 rings (SSSR count). The van der Waals surface area contributed by atoms with Gasteiger partial charge in [-0.15, -0.1) is 11.3 Å². The van der Waals surface area contributed by atoms with Gasteiger partial charge < -0.3 is 0 Å². The van der Waals surface area contributed by atoms with Gasteiger partial charge in [0, 0.05) is 0 Å². The maximum Gasteiger partial charge on any atom is 0.418 e. The molecule has 0 spiro atoms. The molecule has 0 aliphatic heterocycles. The first kappa shape index (κ1) is 10.4. The fourth-order valence-electron chi connectivity index (χ4n) is 1.32. The monoisotopic (exact) mass is 235 g/mol. The number of thiazole rings is 1. The number of hydrogen-bond acceptors (Lipinski definition) is 2. The fraction of sp³-hybridized carbons (Fsp3) is 0.222. The van der Waals surface area contributed by atoms with E-state index in [1.165, 1.54) is 0 Å². The normalized spacial score (nSPS) is 12.3. The highest BCUT2D eigenvalue weighted by atomic mass is 32.1. The Hall–Kier alpha value is -1.17. The van der Waals surface area contributed by atoms with Gasteiger partial charge in [0.15, 0.2) is 0 Å². The van der Waals surface area contributed by atoms with Crippen molar-refractivity contribution in [3.63, 3.8) is 0 Å². The van der Waals surface area contributed by atoms with Gasteiger partial charge in [0.05, 0.1) is 20.8 Å². The second kappa shape index (κ2) is 3.16. The van der Waals surface area contributed by atoms with Gasteiger partial charge in [-0.05, 0) is 19.1 Å². The van der Waals surface area contributed by atoms with Crippen LogP contribution >= 0.6 is 11.3 Å². The maximum absolute atomic E-state index is 12.9. The molecular formula is C9H5F4NS. The first-order valence-electron chi connectivity index (χ1n) is 4.02. The van der Waals surface area contributed by atoms with Crippen LogP contribution in [-0.2, 0) is 6.18 Å². The SMILES string of the molecule is Cc1nc2c(C(F)(F)F)cc(F)cc2s1. The molecule has 1 aromatic heterocycles. The number of aromatic nitrogens is 1. The van der Waals surface area contributed by atoms with Crippen LogP contribution in [0.5, 0.6) is 0 Å². The molecule has 0 aliphatic carbocycles. The van der Waals surface area contributed by atoms with Crippen LogP contribution in [-0.4, -0.2) is 4.98 Å². The van der Waals surface area contributed by atoms with E-state index in [0.29, 0.717) is 11.1 Å². The number of hydrogen-bond donors (Lipinski definition) is 0. The minimum Gasteiger partial charge on any atom is -0.241 e. The Morgan fingerprint density at radius 1 is 1.27 bits per heavy atom. The number of rotatable bonds is 0. The molecule has 0 atom stereocenters. The van der Waals surface area contributed by atoms with Crippen LogP contribution in [0.3, 0.4) is 0 Å². The van der Waals surface area contributed by atoms with Crippen LogP contribution in [0.4, 0.5) is 17.6 Å². The van der Waals surface area contributed by atoms with E-state index in [1.807, 2.05) is 0 Å². The highest BCUT2D eigenvalue weighted by Gasteiger charge is 2.34. The highest BCUT2D eigenvalue weighted by molar-refractivity contribution is 7.18. The summed E-state index contributed by atoms with van der Waals surface area (Å²) in [6.45, 7) is 1.59. The molecule has 0 N–H and O–H groups in total. The van der Waals surface area contributed by atoms with E-state index in [9.17, 15) is 17.6 Å². The van der Waals surface area contributed by atoms with Gasteiger partial charge in [0.2, 0.25) is 0 Å². The number of alkyl halides is 3. The van der Waals surface area contributed by atoms with Crippen LogP contribution in [0.25, 0.3) is 10.2 Å². The lowest BCUT2D eigenvalue weighted by molar-refractivity contribution is -0.136. The summed E-state index contributed by atoms with van der Waals surface area (Å²) in [4.78, 5) is 3.75. The number of benzene rings is 1. The molecule has 0 bridgehead atoms. The van der Waals surface area contributed by atoms with Crippen LogP contribution < -0.4 is 0 Å². The van der Waals surface area contributed by atoms with Crippen molar-refractivity contribution in [2.24, 2.45) is 0 Å². The molecule has 1 aromatic carbocycles. The molecule has 6 heteroatoms. The van der Waals surface area contributed by atoms with Crippen molar-refractivity contribution in [2.75, 3.05) is 0 Å². The Kier molecular flexibility index (Phi) is 2.18. The molecule has 80 valence electrons. The number of halogens is 4. The topological polar surface area (TPSA) is 12.9 Å². The summed E-state index contributed by atoms with van der Waals surface area (Å²) in [6, 6.07) is 1.54. The van der Waals surface area contributed by atoms with Crippen LogP contribution in [0.1, 0.15) is 10.6 Å². The first-order chi connectivity index (χ1) is 6.88. The number of nitrogens with zero attached hydrogens (tertiary/aromatic N) is 1. The van der Waals surface area contributed by atoms with E-state index in [1.54, 1.807) is 6.92 Å². The Morgan fingerprint density at radius 3 is 2.53 bits per heavy atom. The average molecular weight is 235 g/mol. The number of fused-ring (bicyclic) bond motifs is 1. The Labute approximate surface area is 86.4 Å². The summed E-state index contributed by atoms with van der Waals surface area (Å²) < 4.78 is 50.7. The van der Waals surface area contributed by atoms with Gasteiger partial charge in [0.25, 0.3) is 0 Å². The van der Waals surface area contributed by atoms with Crippen molar-refractivity contribution in [3.05, 3.63) is 28.5 Å². The lowest BCUT2D eigenvalue weighted by Crippen LogP contribution is -2.06. The maximum atomic E-state index is 12.9. The summed E-state index contributed by atoms with van der Waals surface area (Å²) in [5.41, 5.74) is -1.19. The summed E-state index contributed by atoms with van der Waals surface area (Å²) in [5.74, 6) is -0.890. The molecule has 0 fully saturated rings. The largest absolute Gasteiger partial charge is 0.418 e. The minimum atomic E-state index is -4.57. The lowest BCUT2D eigenvalue weighted by atomic mass is 10.2. The van der Waals surface area contributed by atoms with Crippen molar-refractivity contribution in [3.8, 4) is 0 Å². The third-order valence-electron chi connectivity index (χ3n) is 1.87. The molecule has 0 amide bonds. The van der Waals surface area contributed by atoms with Crippen molar-refractivity contribution in [1.29, 1.82) is 0 Å². The van der Waals surface area contributed by atoms with Gasteiger partial charge in [-0.1, -0.05) is 0 Å². The molecule has 2 aromatic rings. The molecule has 0 saturated carbocycles. The summed E-state index contributed by atoms with van der Waals surface area (Å²) in [5, 5.41) is 0.487. The molecule has 0 aliphatic rings. The minimum absolute atomic E-state index is 0.175. The van der Waals surface area contributed by atoms with Gasteiger partial charge in [-0.3, -0.25) is 0 Å². The number of aryl methyl sites for hydroxylation is 1. The molecule has 0 radical (unpaired) electrons. The van der Waals surface area contributed by atoms with Crippen molar-refractivity contribution >= 4 is 21.6 Å². The quantitative estimate of drug-likeness (QED) is 0.633. The molecule has 0 unspecified atom stereocenters. The second-order valence-corrected chi connectivity index (χ2v) is 4.27. The zero-order valence-electron chi connectivity index (χ0n) is 7.52. The molecule has 15 heavy (non-hydrogen) atoms. The van der Waals surface area contributed by atoms with E-state index >= 15 is 0 Å². The third kappa shape index (κ3) is 1.81. The predicted octanol–water partition coefficient (Wildman–Crippen LogP) is 3.76. The molecular weight excluding hydrogens is 230 g/mol. The highest BCUT2D eigenvalue weighted by Crippen LogP contribution is 2.36. The summed E-state index contributed by atoms with van der Waals surface area (Å²) in [7, 11) is 0. The van der Waals surface area contributed by atoms with Crippen molar-refractivity contribution < 1.29 is 17.6 Å². The lowest BCUT2D eigenvalue weighted by Gasteiger charge is -2.06. The zero-order valence-corrected chi connectivity index (χ0v) is 8.34. The van der Waals surface area contributed by atoms with Crippen LogP contribution in [0.2, 0.25) is 0 Å². The van der Waals surface area contributed by atoms with E-state index in [-0.39, 0.29) is 10.2 Å². The Bertz CT molecular complexity index is 515. The fourth-order valence-corrected chi connectivity index (χ4v) is 2.20. The molecule has 1 nitrogen and oxygen atoms in total. The molecule has 1 heterocycles. The summed E-state index contributed by atoms with van der Waals surface area (Å²) in [6.07, 6.45) is -4.57. The van der Waals surface area contributed by atoms with Crippen molar-refractivity contribution in [2.45, 2.75) is 13.1 Å². The smallest absolute Gasteiger partial charge is 0.241 e. The first-order valence-corrected chi connectivity index (χ1v) is 4.83.